The number of piperidine rings is 1. The Bertz CT molecular complexity index is 748. The quantitative estimate of drug-likeness (QED) is 0.641. The smallest absolute Gasteiger partial charge is 0.251 e. The van der Waals surface area contributed by atoms with Crippen molar-refractivity contribution < 1.29 is 18.0 Å². The van der Waals surface area contributed by atoms with Gasteiger partial charge in [0.2, 0.25) is 15.9 Å². The van der Waals surface area contributed by atoms with Crippen LogP contribution in [0.5, 0.6) is 0 Å². The maximum Gasteiger partial charge on any atom is 0.251 e. The Morgan fingerprint density at radius 3 is 2.54 bits per heavy atom. The maximum absolute atomic E-state index is 12.6. The molecular weight excluding hydrogens is 380 g/mol. The number of hydrogen-bond acceptors (Lipinski definition) is 5. The standard InChI is InChI=1S/C16H22N4O4S.ClH/c21-15-11-20(9-8-18-15)25(23,24)14-5-3-12(4-6-14)16(22)19-13-2-1-7-17-10-13;/h3-6,13,17H,1-2,7-11H2,(H,18,21)(H,19,22);1H/t13-;/m0./s1. The van der Waals surface area contributed by atoms with Crippen LogP contribution >= 0.6 is 12.4 Å². The second-order valence-corrected chi connectivity index (χ2v) is 8.17. The molecule has 0 radical (unpaired) electrons. The van der Waals surface area contributed by atoms with Gasteiger partial charge in [-0.25, -0.2) is 8.42 Å². The van der Waals surface area contributed by atoms with Gasteiger partial charge in [-0.15, -0.1) is 12.4 Å². The van der Waals surface area contributed by atoms with Crippen LogP contribution in [0.2, 0.25) is 0 Å². The molecule has 0 unspecified atom stereocenters. The molecule has 2 aliphatic rings. The highest BCUT2D eigenvalue weighted by Gasteiger charge is 2.29. The van der Waals surface area contributed by atoms with Gasteiger partial charge in [-0.1, -0.05) is 0 Å². The van der Waals surface area contributed by atoms with Crippen molar-refractivity contribution in [3.05, 3.63) is 29.8 Å². The highest BCUT2D eigenvalue weighted by molar-refractivity contribution is 7.89. The zero-order valence-electron chi connectivity index (χ0n) is 14.2. The average molecular weight is 403 g/mol. The summed E-state index contributed by atoms with van der Waals surface area (Å²) in [5, 5.41) is 8.77. The van der Waals surface area contributed by atoms with Crippen LogP contribution in [0.1, 0.15) is 23.2 Å². The Labute approximate surface area is 159 Å². The molecular formula is C16H23ClN4O4S. The molecule has 1 aromatic rings. The minimum Gasteiger partial charge on any atom is -0.354 e. The molecule has 3 N–H and O–H groups in total. The van der Waals surface area contributed by atoms with Gasteiger partial charge in [0, 0.05) is 31.2 Å². The van der Waals surface area contributed by atoms with E-state index in [0.717, 1.165) is 30.2 Å². The van der Waals surface area contributed by atoms with Gasteiger partial charge in [0.15, 0.2) is 0 Å². The topological polar surface area (TPSA) is 108 Å². The number of sulfonamides is 1. The summed E-state index contributed by atoms with van der Waals surface area (Å²) in [6, 6.07) is 5.92. The third-order valence-electron chi connectivity index (χ3n) is 4.39. The third-order valence-corrected chi connectivity index (χ3v) is 6.25. The van der Waals surface area contributed by atoms with Crippen molar-refractivity contribution in [2.75, 3.05) is 32.7 Å². The lowest BCUT2D eigenvalue weighted by atomic mass is 10.1. The van der Waals surface area contributed by atoms with E-state index in [4.69, 9.17) is 0 Å². The van der Waals surface area contributed by atoms with E-state index in [1.54, 1.807) is 0 Å². The highest BCUT2D eigenvalue weighted by atomic mass is 35.5. The van der Waals surface area contributed by atoms with Gasteiger partial charge in [0.1, 0.15) is 0 Å². The molecule has 2 amide bonds. The number of piperazine rings is 1. The lowest BCUT2D eigenvalue weighted by Crippen LogP contribution is -2.49. The molecule has 26 heavy (non-hydrogen) atoms. The van der Waals surface area contributed by atoms with Crippen LogP contribution in [-0.2, 0) is 14.8 Å². The number of nitrogens with zero attached hydrogens (tertiary/aromatic N) is 1. The summed E-state index contributed by atoms with van der Waals surface area (Å²) in [4.78, 5) is 23.8. The van der Waals surface area contributed by atoms with Crippen LogP contribution in [-0.4, -0.2) is 63.3 Å². The Balaban J connectivity index is 0.00000243. The average Bonchev–Trinajstić information content (AvgIpc) is 2.62. The highest BCUT2D eigenvalue weighted by Crippen LogP contribution is 2.17. The van der Waals surface area contributed by atoms with E-state index < -0.39 is 10.0 Å². The fourth-order valence-electron chi connectivity index (χ4n) is 2.99. The molecule has 2 aliphatic heterocycles. The summed E-state index contributed by atoms with van der Waals surface area (Å²) in [6.07, 6.45) is 1.95. The molecule has 0 spiro atoms. The van der Waals surface area contributed by atoms with Gasteiger partial charge in [-0.05, 0) is 43.7 Å². The van der Waals surface area contributed by atoms with Gasteiger partial charge in [-0.2, -0.15) is 4.31 Å². The second-order valence-electron chi connectivity index (χ2n) is 6.23. The van der Waals surface area contributed by atoms with Crippen molar-refractivity contribution in [1.82, 2.24) is 20.3 Å². The first-order valence-corrected chi connectivity index (χ1v) is 9.79. The van der Waals surface area contributed by atoms with E-state index in [2.05, 4.69) is 16.0 Å². The number of benzene rings is 1. The Hall–Kier alpha value is -1.68. The van der Waals surface area contributed by atoms with E-state index in [-0.39, 0.29) is 48.2 Å². The SMILES string of the molecule is Cl.O=C1CN(S(=O)(=O)c2ccc(C(=O)N[C@H]3CCCNC3)cc2)CCN1. The summed E-state index contributed by atoms with van der Waals surface area (Å²) in [5.41, 5.74) is 0.418. The third kappa shape index (κ3) is 4.73. The first kappa shape index (κ1) is 20.6. The Kier molecular flexibility index (Phi) is 6.99. The van der Waals surface area contributed by atoms with E-state index in [9.17, 15) is 18.0 Å². The van der Waals surface area contributed by atoms with Crippen LogP contribution in [0, 0.1) is 0 Å². The van der Waals surface area contributed by atoms with Crippen LogP contribution < -0.4 is 16.0 Å². The van der Waals surface area contributed by atoms with E-state index in [0.29, 0.717) is 12.1 Å². The van der Waals surface area contributed by atoms with Gasteiger partial charge >= 0.3 is 0 Å². The fraction of sp³-hybridized carbons (Fsp3) is 0.500. The van der Waals surface area contributed by atoms with Crippen LogP contribution in [0.4, 0.5) is 0 Å². The molecule has 0 aliphatic carbocycles. The molecule has 0 bridgehead atoms. The van der Waals surface area contributed by atoms with E-state index in [1.807, 2.05) is 0 Å². The summed E-state index contributed by atoms with van der Waals surface area (Å²) in [6.45, 7) is 2.07. The second kappa shape index (κ2) is 8.81. The zero-order chi connectivity index (χ0) is 17.9. The van der Waals surface area contributed by atoms with Crippen molar-refractivity contribution in [2.45, 2.75) is 23.8 Å². The fourth-order valence-corrected chi connectivity index (χ4v) is 4.39. The Morgan fingerprint density at radius 1 is 1.19 bits per heavy atom. The zero-order valence-corrected chi connectivity index (χ0v) is 15.9. The van der Waals surface area contributed by atoms with Gasteiger partial charge < -0.3 is 16.0 Å². The van der Waals surface area contributed by atoms with Gasteiger partial charge in [0.05, 0.1) is 11.4 Å². The molecule has 10 heteroatoms. The van der Waals surface area contributed by atoms with E-state index in [1.165, 1.54) is 24.3 Å². The molecule has 1 aromatic carbocycles. The van der Waals surface area contributed by atoms with Crippen LogP contribution in [0.25, 0.3) is 0 Å². The van der Waals surface area contributed by atoms with Crippen molar-refractivity contribution in [3.63, 3.8) is 0 Å². The summed E-state index contributed by atoms with van der Waals surface area (Å²) in [7, 11) is -3.73. The molecule has 0 saturated carbocycles. The van der Waals surface area contributed by atoms with E-state index >= 15 is 0 Å². The number of hydrogen-bond donors (Lipinski definition) is 3. The van der Waals surface area contributed by atoms with Gasteiger partial charge in [-0.3, -0.25) is 9.59 Å². The molecule has 3 rings (SSSR count). The first-order chi connectivity index (χ1) is 12.0. The Morgan fingerprint density at radius 2 is 1.92 bits per heavy atom. The number of carbonyl (C=O) groups excluding carboxylic acids is 2. The monoisotopic (exact) mass is 402 g/mol. The predicted molar refractivity (Wildman–Crippen MR) is 98.8 cm³/mol. The van der Waals surface area contributed by atoms with Crippen LogP contribution in [0.3, 0.4) is 0 Å². The predicted octanol–water partition coefficient (Wildman–Crippen LogP) is -0.289. The number of halogens is 1. The van der Waals surface area contributed by atoms with Crippen molar-refractivity contribution in [1.29, 1.82) is 0 Å². The summed E-state index contributed by atoms with van der Waals surface area (Å²) < 4.78 is 26.3. The minimum atomic E-state index is -3.73. The molecule has 2 fully saturated rings. The van der Waals surface area contributed by atoms with Crippen LogP contribution in [0.15, 0.2) is 29.2 Å². The molecule has 2 saturated heterocycles. The minimum absolute atomic E-state index is 0. The van der Waals surface area contributed by atoms with Gasteiger partial charge in [0.25, 0.3) is 5.91 Å². The molecule has 2 heterocycles. The molecule has 0 aromatic heterocycles. The number of nitrogens with one attached hydrogen (secondary N) is 3. The van der Waals surface area contributed by atoms with Crippen molar-refractivity contribution in [3.8, 4) is 0 Å². The summed E-state index contributed by atoms with van der Waals surface area (Å²) in [5.74, 6) is -0.526. The van der Waals surface area contributed by atoms with Crippen molar-refractivity contribution in [2.24, 2.45) is 0 Å². The molecule has 144 valence electrons. The first-order valence-electron chi connectivity index (χ1n) is 8.35. The lowest BCUT2D eigenvalue weighted by molar-refractivity contribution is -0.122. The summed E-state index contributed by atoms with van der Waals surface area (Å²) >= 11 is 0. The maximum atomic E-state index is 12.6. The normalized spacial score (nSPS) is 21.4. The molecule has 8 nitrogen and oxygen atoms in total. The number of amides is 2. The number of rotatable bonds is 4. The van der Waals surface area contributed by atoms with Crippen molar-refractivity contribution >= 4 is 34.2 Å². The number of carbonyl (C=O) groups is 2. The largest absolute Gasteiger partial charge is 0.354 e. The lowest BCUT2D eigenvalue weighted by Gasteiger charge is -2.26. The molecule has 1 atom stereocenters.